The summed E-state index contributed by atoms with van der Waals surface area (Å²) in [6, 6.07) is 1.83. The third-order valence-corrected chi connectivity index (χ3v) is 4.03. The van der Waals surface area contributed by atoms with Crippen molar-refractivity contribution < 1.29 is 14.4 Å². The Bertz CT molecular complexity index is 573. The first-order valence-electron chi connectivity index (χ1n) is 6.02. The topological polar surface area (TPSA) is 75.4 Å². The van der Waals surface area contributed by atoms with E-state index in [1.807, 2.05) is 16.8 Å². The summed E-state index contributed by atoms with van der Waals surface area (Å²) < 4.78 is 4.79. The van der Waals surface area contributed by atoms with Crippen molar-refractivity contribution in [2.24, 2.45) is 0 Å². The maximum atomic E-state index is 11.9. The molecule has 0 aromatic carbocycles. The first kappa shape index (κ1) is 15.0. The van der Waals surface area contributed by atoms with E-state index >= 15 is 0 Å². The fourth-order valence-electron chi connectivity index (χ4n) is 1.73. The molecule has 2 aromatic rings. The number of aryl methyl sites for hydroxylation is 1. The molecule has 2 rings (SSSR count). The minimum atomic E-state index is -1.09. The molecule has 0 radical (unpaired) electrons. The minimum absolute atomic E-state index is 0.0773. The molecule has 0 saturated heterocycles. The number of hydrogen-bond donors (Lipinski definition) is 2. The van der Waals surface area contributed by atoms with Crippen LogP contribution in [0.15, 0.2) is 21.3 Å². The number of halogens is 1. The molecule has 0 spiro atoms. The van der Waals surface area contributed by atoms with E-state index in [0.717, 1.165) is 5.56 Å². The molecular formula is C13H15ClN2O3S. The molecule has 1 amide bonds. The molecule has 0 fully saturated rings. The Labute approximate surface area is 125 Å². The molecule has 1 atom stereocenters. The molecule has 20 heavy (non-hydrogen) atoms. The van der Waals surface area contributed by atoms with Crippen LogP contribution in [0.25, 0.3) is 0 Å². The van der Waals surface area contributed by atoms with Gasteiger partial charge in [0.05, 0.1) is 18.7 Å². The second-order valence-corrected chi connectivity index (χ2v) is 5.88. The van der Waals surface area contributed by atoms with Crippen LogP contribution in [0.2, 0.25) is 5.22 Å². The number of aliphatic hydroxyl groups is 1. The molecule has 7 heteroatoms. The zero-order valence-electron chi connectivity index (χ0n) is 11.1. The molecule has 0 saturated carbocycles. The van der Waals surface area contributed by atoms with Gasteiger partial charge in [-0.1, -0.05) is 5.16 Å². The van der Waals surface area contributed by atoms with Crippen molar-refractivity contribution in [2.45, 2.75) is 25.9 Å². The minimum Gasteiger partial charge on any atom is -0.384 e. The molecule has 0 aliphatic heterocycles. The summed E-state index contributed by atoms with van der Waals surface area (Å²) in [6.07, 6.45) is 0.0773. The molecule has 2 heterocycles. The highest BCUT2D eigenvalue weighted by Gasteiger charge is 2.24. The number of carbonyl (C=O) groups excluding carboxylic acids is 1. The van der Waals surface area contributed by atoms with Crippen molar-refractivity contribution in [3.63, 3.8) is 0 Å². The summed E-state index contributed by atoms with van der Waals surface area (Å²) in [4.78, 5) is 11.9. The second-order valence-electron chi connectivity index (χ2n) is 4.76. The summed E-state index contributed by atoms with van der Waals surface area (Å²) in [7, 11) is 0. The van der Waals surface area contributed by atoms with Gasteiger partial charge in [-0.05, 0) is 47.8 Å². The molecule has 0 aliphatic rings. The van der Waals surface area contributed by atoms with Gasteiger partial charge in [-0.15, -0.1) is 0 Å². The number of nitrogens with one attached hydrogen (secondary N) is 1. The number of aromatic nitrogens is 1. The highest BCUT2D eigenvalue weighted by molar-refractivity contribution is 7.08. The Hall–Kier alpha value is -1.37. The van der Waals surface area contributed by atoms with Crippen molar-refractivity contribution in [1.29, 1.82) is 0 Å². The van der Waals surface area contributed by atoms with Gasteiger partial charge >= 0.3 is 0 Å². The second kappa shape index (κ2) is 5.95. The molecule has 2 N–H and O–H groups in total. The van der Waals surface area contributed by atoms with Crippen molar-refractivity contribution in [3.8, 4) is 0 Å². The number of thiophene rings is 1. The molecule has 108 valence electrons. The Balaban J connectivity index is 1.93. The summed E-state index contributed by atoms with van der Waals surface area (Å²) in [5.41, 5.74) is 0.847. The zero-order chi connectivity index (χ0) is 14.8. The van der Waals surface area contributed by atoms with Gasteiger partial charge in [0, 0.05) is 5.56 Å². The van der Waals surface area contributed by atoms with E-state index in [1.54, 1.807) is 13.8 Å². The van der Waals surface area contributed by atoms with Gasteiger partial charge in [-0.2, -0.15) is 11.3 Å². The lowest BCUT2D eigenvalue weighted by atomic mass is 9.99. The fraction of sp³-hybridized carbons (Fsp3) is 0.385. The van der Waals surface area contributed by atoms with E-state index in [0.29, 0.717) is 11.3 Å². The van der Waals surface area contributed by atoms with Crippen molar-refractivity contribution in [1.82, 2.24) is 10.5 Å². The van der Waals surface area contributed by atoms with Gasteiger partial charge in [0.25, 0.3) is 0 Å². The summed E-state index contributed by atoms with van der Waals surface area (Å²) in [5, 5.41) is 20.5. The van der Waals surface area contributed by atoms with Crippen LogP contribution >= 0.6 is 22.9 Å². The van der Waals surface area contributed by atoms with Crippen LogP contribution < -0.4 is 5.32 Å². The van der Waals surface area contributed by atoms with Crippen LogP contribution in [0, 0.1) is 6.92 Å². The number of rotatable bonds is 5. The highest BCUT2D eigenvalue weighted by Crippen LogP contribution is 2.22. The Morgan fingerprint density at radius 1 is 1.65 bits per heavy atom. The van der Waals surface area contributed by atoms with Crippen LogP contribution in [0.1, 0.15) is 23.7 Å². The molecule has 0 aliphatic carbocycles. The van der Waals surface area contributed by atoms with Crippen LogP contribution in [0.3, 0.4) is 0 Å². The fourth-order valence-corrected chi connectivity index (χ4v) is 2.75. The normalized spacial score (nSPS) is 14.0. The van der Waals surface area contributed by atoms with E-state index in [9.17, 15) is 9.90 Å². The SMILES string of the molecule is Cc1noc(Cl)c1CC(=O)NCC(C)(O)c1ccsc1. The van der Waals surface area contributed by atoms with Crippen LogP contribution in [0.4, 0.5) is 0 Å². The van der Waals surface area contributed by atoms with E-state index in [4.69, 9.17) is 16.1 Å². The molecular weight excluding hydrogens is 300 g/mol. The largest absolute Gasteiger partial charge is 0.384 e. The van der Waals surface area contributed by atoms with E-state index in [1.165, 1.54) is 11.3 Å². The number of nitrogens with zero attached hydrogens (tertiary/aromatic N) is 1. The van der Waals surface area contributed by atoms with Gasteiger partial charge in [0.2, 0.25) is 11.1 Å². The Morgan fingerprint density at radius 3 is 2.95 bits per heavy atom. The average molecular weight is 315 g/mol. The monoisotopic (exact) mass is 314 g/mol. The van der Waals surface area contributed by atoms with Gasteiger partial charge < -0.3 is 14.9 Å². The van der Waals surface area contributed by atoms with Gasteiger partial charge in [-0.25, -0.2) is 0 Å². The lowest BCUT2D eigenvalue weighted by molar-refractivity contribution is -0.121. The number of amides is 1. The standard InChI is InChI=1S/C13H15ClN2O3S/c1-8-10(12(14)19-16-8)5-11(17)15-7-13(2,18)9-3-4-20-6-9/h3-4,6,18H,5,7H2,1-2H3,(H,15,17). The number of hydrogen-bond acceptors (Lipinski definition) is 5. The Kier molecular flexibility index (Phi) is 4.47. The molecule has 2 aromatic heterocycles. The van der Waals surface area contributed by atoms with Gasteiger partial charge in [0.15, 0.2) is 0 Å². The van der Waals surface area contributed by atoms with E-state index < -0.39 is 5.60 Å². The smallest absolute Gasteiger partial charge is 0.229 e. The predicted octanol–water partition coefficient (Wildman–Crippen LogP) is 2.26. The maximum Gasteiger partial charge on any atom is 0.229 e. The quantitative estimate of drug-likeness (QED) is 0.887. The Morgan fingerprint density at radius 2 is 2.40 bits per heavy atom. The van der Waals surface area contributed by atoms with Crippen LogP contribution in [-0.2, 0) is 16.8 Å². The van der Waals surface area contributed by atoms with Crippen LogP contribution in [0.5, 0.6) is 0 Å². The third kappa shape index (κ3) is 3.39. The zero-order valence-corrected chi connectivity index (χ0v) is 12.7. The first-order valence-corrected chi connectivity index (χ1v) is 7.34. The molecule has 5 nitrogen and oxygen atoms in total. The van der Waals surface area contributed by atoms with Crippen LogP contribution in [-0.4, -0.2) is 22.7 Å². The number of carbonyl (C=O) groups is 1. The first-order chi connectivity index (χ1) is 9.40. The third-order valence-electron chi connectivity index (χ3n) is 3.05. The summed E-state index contributed by atoms with van der Waals surface area (Å²) >= 11 is 7.30. The molecule has 1 unspecified atom stereocenters. The van der Waals surface area contributed by atoms with Gasteiger partial charge in [0.1, 0.15) is 5.60 Å². The maximum absolute atomic E-state index is 11.9. The highest BCUT2D eigenvalue weighted by atomic mass is 35.5. The van der Waals surface area contributed by atoms with Crippen molar-refractivity contribution >= 4 is 28.8 Å². The lowest BCUT2D eigenvalue weighted by Gasteiger charge is -2.22. The average Bonchev–Trinajstić information content (AvgIpc) is 3.02. The van der Waals surface area contributed by atoms with Gasteiger partial charge in [-0.3, -0.25) is 4.79 Å². The lowest BCUT2D eigenvalue weighted by Crippen LogP contribution is -2.39. The van der Waals surface area contributed by atoms with E-state index in [-0.39, 0.29) is 24.1 Å². The molecule has 0 bridgehead atoms. The summed E-state index contributed by atoms with van der Waals surface area (Å²) in [5.74, 6) is -0.242. The predicted molar refractivity (Wildman–Crippen MR) is 76.9 cm³/mol. The van der Waals surface area contributed by atoms with Crippen molar-refractivity contribution in [3.05, 3.63) is 38.9 Å². The summed E-state index contributed by atoms with van der Waals surface area (Å²) in [6.45, 7) is 3.51. The van der Waals surface area contributed by atoms with Crippen molar-refractivity contribution in [2.75, 3.05) is 6.54 Å². The van der Waals surface area contributed by atoms with E-state index in [2.05, 4.69) is 10.5 Å².